The Balaban J connectivity index is 1.07. The van der Waals surface area contributed by atoms with E-state index in [0.717, 1.165) is 88.8 Å². The smallest absolute Gasteiger partial charge is 0.160 e. The molecule has 3 heterocycles. The Bertz CT molecular complexity index is 3250. The van der Waals surface area contributed by atoms with Crippen LogP contribution in [0.4, 0.5) is 0 Å². The molecule has 266 valence electrons. The monoisotopic (exact) mass is 727 g/mol. The first-order valence-corrected chi connectivity index (χ1v) is 19.1. The van der Waals surface area contributed by atoms with E-state index in [4.69, 9.17) is 19.9 Å². The Hall–Kier alpha value is -7.76. The number of fused-ring (bicyclic) bond motifs is 6. The topological polar surface area (TPSA) is 56.5 Å². The van der Waals surface area contributed by atoms with Crippen LogP contribution in [0.25, 0.3) is 106 Å². The molecule has 11 rings (SSSR count). The van der Waals surface area contributed by atoms with Gasteiger partial charge >= 0.3 is 0 Å². The van der Waals surface area contributed by atoms with Gasteiger partial charge in [-0.3, -0.25) is 4.57 Å². The molecule has 0 radical (unpaired) electrons. The minimum Gasteiger partial charge on any atom is -0.292 e. The second-order valence-electron chi connectivity index (χ2n) is 14.2. The summed E-state index contributed by atoms with van der Waals surface area (Å²) in [6, 6.07) is 69.5. The third-order valence-electron chi connectivity index (χ3n) is 10.8. The fourth-order valence-electron chi connectivity index (χ4n) is 8.07. The lowest BCUT2D eigenvalue weighted by atomic mass is 9.98. The summed E-state index contributed by atoms with van der Waals surface area (Å²) in [6.45, 7) is 0. The van der Waals surface area contributed by atoms with Crippen LogP contribution >= 0.6 is 0 Å². The Morgan fingerprint density at radius 1 is 0.316 bits per heavy atom. The molecule has 5 nitrogen and oxygen atoms in total. The maximum absolute atomic E-state index is 5.44. The van der Waals surface area contributed by atoms with Gasteiger partial charge in [-0.2, -0.15) is 0 Å². The molecule has 11 aromatic rings. The maximum atomic E-state index is 5.44. The second kappa shape index (κ2) is 13.5. The molecule has 0 N–H and O–H groups in total. The summed E-state index contributed by atoms with van der Waals surface area (Å²) in [4.78, 5) is 21.1. The zero-order chi connectivity index (χ0) is 37.7. The number of aromatic nitrogens is 5. The maximum Gasteiger partial charge on any atom is 0.160 e. The number of hydrogen-bond acceptors (Lipinski definition) is 4. The number of imidazole rings is 1. The molecule has 0 atom stereocenters. The highest BCUT2D eigenvalue weighted by Gasteiger charge is 2.21. The molecule has 0 saturated carbocycles. The highest BCUT2D eigenvalue weighted by molar-refractivity contribution is 6.20. The van der Waals surface area contributed by atoms with Crippen molar-refractivity contribution in [3.8, 4) is 62.1 Å². The highest BCUT2D eigenvalue weighted by Crippen LogP contribution is 2.40. The Labute approximate surface area is 329 Å². The minimum absolute atomic E-state index is 0.676. The van der Waals surface area contributed by atoms with E-state index in [1.807, 2.05) is 36.4 Å². The van der Waals surface area contributed by atoms with Crippen molar-refractivity contribution in [3.63, 3.8) is 0 Å². The van der Waals surface area contributed by atoms with E-state index in [1.165, 1.54) is 11.1 Å². The van der Waals surface area contributed by atoms with Gasteiger partial charge in [0.25, 0.3) is 0 Å². The van der Waals surface area contributed by atoms with Gasteiger partial charge in [0.15, 0.2) is 5.82 Å². The van der Waals surface area contributed by atoms with Crippen molar-refractivity contribution < 1.29 is 0 Å². The Morgan fingerprint density at radius 2 is 0.842 bits per heavy atom. The van der Waals surface area contributed by atoms with Crippen molar-refractivity contribution in [3.05, 3.63) is 200 Å². The fraction of sp³-hybridized carbons (Fsp3) is 0. The molecule has 5 heteroatoms. The highest BCUT2D eigenvalue weighted by atomic mass is 15.1. The molecule has 0 bridgehead atoms. The SMILES string of the molecule is c1ccc(-c2ccc(-c3nc(-c4ccc(-c5nc6ccccc6c6ccc7c(nc(-c8ccccc8)n7-c7ccccc7)c56)cc4)nc4ccccc34)cc2)cc1. The lowest BCUT2D eigenvalue weighted by Gasteiger charge is -2.13. The lowest BCUT2D eigenvalue weighted by molar-refractivity contribution is 1.10. The van der Waals surface area contributed by atoms with Gasteiger partial charge in [-0.25, -0.2) is 19.9 Å². The van der Waals surface area contributed by atoms with E-state index in [-0.39, 0.29) is 0 Å². The largest absolute Gasteiger partial charge is 0.292 e. The van der Waals surface area contributed by atoms with Crippen molar-refractivity contribution in [1.82, 2.24) is 24.5 Å². The van der Waals surface area contributed by atoms with Crippen molar-refractivity contribution in [2.45, 2.75) is 0 Å². The molecule has 0 fully saturated rings. The van der Waals surface area contributed by atoms with Crippen LogP contribution in [-0.2, 0) is 0 Å². The van der Waals surface area contributed by atoms with Gasteiger partial charge in [0.2, 0.25) is 0 Å². The number of hydrogen-bond donors (Lipinski definition) is 0. The van der Waals surface area contributed by atoms with Crippen LogP contribution in [0.5, 0.6) is 0 Å². The second-order valence-corrected chi connectivity index (χ2v) is 14.2. The first-order valence-electron chi connectivity index (χ1n) is 19.1. The molecule has 0 saturated heterocycles. The predicted octanol–water partition coefficient (Wildman–Crippen LogP) is 13.0. The standard InChI is InChI=1S/C52H33N5/c1-4-14-34(15-5-1)35-24-26-36(27-25-35)48-43-21-11-13-23-45(43)54-51(55-48)38-30-28-37(29-31-38)49-47-42(41-20-10-12-22-44(41)53-49)32-33-46-50(47)56-52(39-16-6-2-7-17-39)57(46)40-18-8-3-9-19-40/h1-33H. The molecule has 57 heavy (non-hydrogen) atoms. The van der Waals surface area contributed by atoms with E-state index in [2.05, 4.69) is 168 Å². The van der Waals surface area contributed by atoms with Gasteiger partial charge in [-0.05, 0) is 46.8 Å². The van der Waals surface area contributed by atoms with Crippen LogP contribution in [0.15, 0.2) is 200 Å². The zero-order valence-corrected chi connectivity index (χ0v) is 30.8. The lowest BCUT2D eigenvalue weighted by Crippen LogP contribution is -1.97. The van der Waals surface area contributed by atoms with E-state index in [0.29, 0.717) is 5.82 Å². The number of benzene rings is 8. The van der Waals surface area contributed by atoms with Gasteiger partial charge < -0.3 is 0 Å². The first-order chi connectivity index (χ1) is 28.3. The normalized spacial score (nSPS) is 11.5. The number of nitrogens with zero attached hydrogens (tertiary/aromatic N) is 5. The quantitative estimate of drug-likeness (QED) is 0.160. The van der Waals surface area contributed by atoms with Crippen LogP contribution in [0.1, 0.15) is 0 Å². The van der Waals surface area contributed by atoms with Gasteiger partial charge in [-0.15, -0.1) is 0 Å². The summed E-state index contributed by atoms with van der Waals surface area (Å²) in [7, 11) is 0. The summed E-state index contributed by atoms with van der Waals surface area (Å²) in [5.74, 6) is 1.56. The van der Waals surface area contributed by atoms with Gasteiger partial charge in [-0.1, -0.05) is 170 Å². The summed E-state index contributed by atoms with van der Waals surface area (Å²) in [5.41, 5.74) is 13.0. The van der Waals surface area contributed by atoms with Gasteiger partial charge in [0.05, 0.1) is 33.5 Å². The average molecular weight is 728 g/mol. The fourth-order valence-corrected chi connectivity index (χ4v) is 8.07. The summed E-state index contributed by atoms with van der Waals surface area (Å²) in [5, 5.41) is 4.25. The van der Waals surface area contributed by atoms with Gasteiger partial charge in [0, 0.05) is 44.1 Å². The minimum atomic E-state index is 0.676. The third-order valence-corrected chi connectivity index (χ3v) is 10.8. The van der Waals surface area contributed by atoms with Crippen LogP contribution < -0.4 is 0 Å². The van der Waals surface area contributed by atoms with Crippen molar-refractivity contribution in [1.29, 1.82) is 0 Å². The average Bonchev–Trinajstić information content (AvgIpc) is 3.69. The summed E-state index contributed by atoms with van der Waals surface area (Å²) in [6.07, 6.45) is 0. The van der Waals surface area contributed by atoms with Gasteiger partial charge in [0.1, 0.15) is 5.82 Å². The molecule has 0 spiro atoms. The molecule has 0 aliphatic rings. The van der Waals surface area contributed by atoms with E-state index < -0.39 is 0 Å². The number of rotatable bonds is 6. The van der Waals surface area contributed by atoms with Crippen molar-refractivity contribution in [2.75, 3.05) is 0 Å². The first kappa shape index (κ1) is 32.7. The molecule has 8 aromatic carbocycles. The summed E-state index contributed by atoms with van der Waals surface area (Å²) >= 11 is 0. The predicted molar refractivity (Wildman–Crippen MR) is 234 cm³/mol. The Morgan fingerprint density at radius 3 is 1.54 bits per heavy atom. The molecule has 3 aromatic heterocycles. The van der Waals surface area contributed by atoms with E-state index in [1.54, 1.807) is 0 Å². The third kappa shape index (κ3) is 5.64. The molecule has 0 aliphatic carbocycles. The molecule has 0 amide bonds. The zero-order valence-electron chi connectivity index (χ0n) is 30.8. The molecule has 0 aliphatic heterocycles. The van der Waals surface area contributed by atoms with E-state index in [9.17, 15) is 0 Å². The Kier molecular flexibility index (Phi) is 7.74. The van der Waals surface area contributed by atoms with Crippen LogP contribution in [-0.4, -0.2) is 24.5 Å². The molecular formula is C52H33N5. The summed E-state index contributed by atoms with van der Waals surface area (Å²) < 4.78 is 2.26. The number of para-hydroxylation sites is 3. The van der Waals surface area contributed by atoms with Crippen LogP contribution in [0.2, 0.25) is 0 Å². The van der Waals surface area contributed by atoms with E-state index >= 15 is 0 Å². The van der Waals surface area contributed by atoms with Crippen LogP contribution in [0.3, 0.4) is 0 Å². The van der Waals surface area contributed by atoms with Crippen LogP contribution in [0, 0.1) is 0 Å². The molecular weight excluding hydrogens is 695 g/mol. The van der Waals surface area contributed by atoms with Crippen molar-refractivity contribution >= 4 is 43.6 Å². The van der Waals surface area contributed by atoms with Crippen molar-refractivity contribution in [2.24, 2.45) is 0 Å². The molecule has 0 unspecified atom stereocenters. The number of pyridine rings is 1.